The molecule has 3 aliphatic carbocycles. The number of benzene rings is 7. The molecule has 0 aromatic heterocycles. The van der Waals surface area contributed by atoms with E-state index in [9.17, 15) is 0 Å². The molecule has 0 aliphatic heterocycles. The van der Waals surface area contributed by atoms with Crippen molar-refractivity contribution >= 4 is 17.1 Å². The van der Waals surface area contributed by atoms with Crippen molar-refractivity contribution in [3.8, 4) is 33.4 Å². The van der Waals surface area contributed by atoms with Gasteiger partial charge in [-0.3, -0.25) is 0 Å². The van der Waals surface area contributed by atoms with Crippen LogP contribution in [0.2, 0.25) is 0 Å². The molecular weight excluding hydrogens is 663 g/mol. The molecule has 0 unspecified atom stereocenters. The molecule has 1 heteroatoms. The van der Waals surface area contributed by atoms with Crippen molar-refractivity contribution in [3.05, 3.63) is 197 Å². The third-order valence-electron chi connectivity index (χ3n) is 13.6. The largest absolute Gasteiger partial charge is 0.310 e. The van der Waals surface area contributed by atoms with Gasteiger partial charge in [-0.2, -0.15) is 0 Å². The molecule has 0 atom stereocenters. The van der Waals surface area contributed by atoms with E-state index < -0.39 is 0 Å². The maximum Gasteiger partial charge on any atom is 0.0468 e. The average Bonchev–Trinajstić information content (AvgIpc) is 3.61. The maximum atomic E-state index is 2.51. The Labute approximate surface area is 327 Å². The fraction of sp³-hybridized carbons (Fsp3) is 0.222. The van der Waals surface area contributed by atoms with Crippen LogP contribution in [0.1, 0.15) is 93.2 Å². The third kappa shape index (κ3) is 5.20. The van der Waals surface area contributed by atoms with Crippen molar-refractivity contribution in [2.45, 2.75) is 76.0 Å². The number of nitrogens with zero attached hydrogens (tertiary/aromatic N) is 1. The second-order valence-corrected chi connectivity index (χ2v) is 17.2. The summed E-state index contributed by atoms with van der Waals surface area (Å²) in [6.45, 7) is 9.54. The number of anilines is 3. The number of rotatable bonds is 6. The first-order valence-corrected chi connectivity index (χ1v) is 20.3. The zero-order chi connectivity index (χ0) is 37.4. The van der Waals surface area contributed by atoms with E-state index in [1.54, 1.807) is 0 Å². The highest BCUT2D eigenvalue weighted by molar-refractivity contribution is 5.95. The van der Waals surface area contributed by atoms with E-state index in [1.807, 2.05) is 0 Å². The van der Waals surface area contributed by atoms with Gasteiger partial charge in [-0.15, -0.1) is 0 Å². The van der Waals surface area contributed by atoms with Gasteiger partial charge in [0.1, 0.15) is 0 Å². The fourth-order valence-electron chi connectivity index (χ4n) is 10.7. The van der Waals surface area contributed by atoms with Gasteiger partial charge in [0.2, 0.25) is 0 Å². The van der Waals surface area contributed by atoms with Crippen LogP contribution >= 0.6 is 0 Å². The molecule has 7 aromatic carbocycles. The minimum absolute atomic E-state index is 0.0585. The quantitative estimate of drug-likeness (QED) is 0.166. The number of hydrogen-bond donors (Lipinski definition) is 0. The summed E-state index contributed by atoms with van der Waals surface area (Å²) in [5, 5.41) is 0. The van der Waals surface area contributed by atoms with Gasteiger partial charge in [-0.05, 0) is 116 Å². The van der Waals surface area contributed by atoms with E-state index in [0.29, 0.717) is 0 Å². The normalized spacial score (nSPS) is 16.8. The van der Waals surface area contributed by atoms with Gasteiger partial charge in [0.15, 0.2) is 0 Å². The monoisotopic (exact) mass is 711 g/mol. The molecule has 0 N–H and O–H groups in total. The fourth-order valence-corrected chi connectivity index (χ4v) is 10.7. The summed E-state index contributed by atoms with van der Waals surface area (Å²) >= 11 is 0. The number of fused-ring (bicyclic) bond motifs is 6. The highest BCUT2D eigenvalue weighted by Gasteiger charge is 2.39. The molecule has 0 amide bonds. The summed E-state index contributed by atoms with van der Waals surface area (Å²) in [6, 6.07) is 62.1. The lowest BCUT2D eigenvalue weighted by molar-refractivity contribution is 0.346. The predicted octanol–water partition coefficient (Wildman–Crippen LogP) is 14.7. The van der Waals surface area contributed by atoms with Gasteiger partial charge in [0.05, 0.1) is 0 Å². The molecule has 1 nitrogen and oxygen atoms in total. The summed E-state index contributed by atoms with van der Waals surface area (Å²) in [7, 11) is 0. The van der Waals surface area contributed by atoms with Crippen LogP contribution in [0.25, 0.3) is 33.4 Å². The molecule has 3 aliphatic rings. The van der Waals surface area contributed by atoms with E-state index in [1.165, 1.54) is 116 Å². The molecule has 7 aromatic rings. The van der Waals surface area contributed by atoms with Crippen molar-refractivity contribution in [1.82, 2.24) is 0 Å². The minimum Gasteiger partial charge on any atom is -0.310 e. The molecule has 55 heavy (non-hydrogen) atoms. The average molecular weight is 712 g/mol. The van der Waals surface area contributed by atoms with E-state index in [4.69, 9.17) is 0 Å². The Hall–Kier alpha value is -5.66. The van der Waals surface area contributed by atoms with Crippen LogP contribution in [0.15, 0.2) is 164 Å². The Balaban J connectivity index is 1.15. The van der Waals surface area contributed by atoms with Gasteiger partial charge in [0.25, 0.3) is 0 Å². The van der Waals surface area contributed by atoms with Crippen molar-refractivity contribution in [2.24, 2.45) is 0 Å². The van der Waals surface area contributed by atoms with E-state index in [2.05, 4.69) is 196 Å². The molecule has 1 fully saturated rings. The molecule has 1 saturated carbocycles. The molecule has 0 spiro atoms. The van der Waals surface area contributed by atoms with Crippen molar-refractivity contribution in [1.29, 1.82) is 0 Å². The third-order valence-corrected chi connectivity index (χ3v) is 13.6. The van der Waals surface area contributed by atoms with Gasteiger partial charge >= 0.3 is 0 Å². The van der Waals surface area contributed by atoms with Gasteiger partial charge in [-0.25, -0.2) is 0 Å². The van der Waals surface area contributed by atoms with Gasteiger partial charge in [0, 0.05) is 33.3 Å². The lowest BCUT2D eigenvalue weighted by atomic mass is 9.65. The van der Waals surface area contributed by atoms with Crippen LogP contribution in [0.5, 0.6) is 0 Å². The second kappa shape index (κ2) is 12.7. The summed E-state index contributed by atoms with van der Waals surface area (Å²) in [5.41, 5.74) is 19.8. The summed E-state index contributed by atoms with van der Waals surface area (Å²) in [5.74, 6) is 0. The highest BCUT2D eigenvalue weighted by atomic mass is 15.1. The van der Waals surface area contributed by atoms with Crippen LogP contribution in [0.4, 0.5) is 17.1 Å². The summed E-state index contributed by atoms with van der Waals surface area (Å²) in [6.07, 6.45) is 6.26. The summed E-state index contributed by atoms with van der Waals surface area (Å²) in [4.78, 5) is 2.51. The summed E-state index contributed by atoms with van der Waals surface area (Å²) < 4.78 is 0. The molecule has 0 saturated heterocycles. The Morgan fingerprint density at radius 2 is 0.927 bits per heavy atom. The Morgan fingerprint density at radius 1 is 0.382 bits per heavy atom. The second-order valence-electron chi connectivity index (χ2n) is 17.2. The zero-order valence-corrected chi connectivity index (χ0v) is 32.6. The number of hydrogen-bond acceptors (Lipinski definition) is 1. The van der Waals surface area contributed by atoms with Crippen LogP contribution in [0.3, 0.4) is 0 Å². The molecule has 0 radical (unpaired) electrons. The van der Waals surface area contributed by atoms with Gasteiger partial charge in [-0.1, -0.05) is 174 Å². The van der Waals surface area contributed by atoms with E-state index in [0.717, 1.165) is 0 Å². The van der Waals surface area contributed by atoms with Gasteiger partial charge < -0.3 is 4.90 Å². The SMILES string of the molecule is CC1(C)c2ccccc2-c2ccc(N(c3ccc(C4(c5ccccc5)CCCCC4)cc3)c3ccc4c(c3)-c3c(-c5ccccc5)cccc3C4(C)C)cc21. The topological polar surface area (TPSA) is 3.24 Å². The van der Waals surface area contributed by atoms with E-state index in [-0.39, 0.29) is 16.2 Å². The predicted molar refractivity (Wildman–Crippen MR) is 232 cm³/mol. The first kappa shape index (κ1) is 33.9. The lowest BCUT2D eigenvalue weighted by Gasteiger charge is -2.39. The van der Waals surface area contributed by atoms with Crippen LogP contribution < -0.4 is 4.90 Å². The maximum absolute atomic E-state index is 2.51. The van der Waals surface area contributed by atoms with Crippen molar-refractivity contribution < 1.29 is 0 Å². The zero-order valence-electron chi connectivity index (χ0n) is 32.6. The first-order valence-electron chi connectivity index (χ1n) is 20.3. The van der Waals surface area contributed by atoms with E-state index >= 15 is 0 Å². The lowest BCUT2D eigenvalue weighted by Crippen LogP contribution is -2.30. The molecule has 0 heterocycles. The Bertz CT molecular complexity index is 2550. The van der Waals surface area contributed by atoms with Crippen molar-refractivity contribution in [2.75, 3.05) is 4.90 Å². The van der Waals surface area contributed by atoms with Crippen molar-refractivity contribution in [3.63, 3.8) is 0 Å². The Kier molecular flexibility index (Phi) is 7.83. The standard InChI is InChI=1S/C54H49N/c1-52(2)48-32-30-41(35-46(48)51-43(22-16-24-49(51)52)37-17-8-5-9-18-37)55(42-29-31-45-44-21-12-13-23-47(44)53(3,4)50(45)36-42)40-27-25-39(26-28-40)54(33-14-7-15-34-54)38-19-10-6-11-20-38/h5-6,8-13,16-32,35-36H,7,14-15,33-34H2,1-4H3. The van der Waals surface area contributed by atoms with Crippen LogP contribution in [0, 0.1) is 0 Å². The smallest absolute Gasteiger partial charge is 0.0468 e. The van der Waals surface area contributed by atoms with Crippen LogP contribution in [-0.2, 0) is 16.2 Å². The highest BCUT2D eigenvalue weighted by Crippen LogP contribution is 2.55. The Morgan fingerprint density at radius 3 is 1.69 bits per heavy atom. The molecular formula is C54H49N. The first-order chi connectivity index (χ1) is 26.8. The molecule has 0 bridgehead atoms. The van der Waals surface area contributed by atoms with Crippen LogP contribution in [-0.4, -0.2) is 0 Å². The molecule has 270 valence electrons. The minimum atomic E-state index is -0.102. The molecule has 10 rings (SSSR count).